The molecule has 4 heterocycles. The molecule has 1 atom stereocenters. The van der Waals surface area contributed by atoms with Crippen LogP contribution in [0.2, 0.25) is 5.02 Å². The second-order valence-corrected chi connectivity index (χ2v) is 12.9. The number of halogens is 1. The Labute approximate surface area is 262 Å². The normalized spacial score (nSPS) is 19.7. The number of nitrogen functional groups attached to an aromatic ring is 1. The number of anilines is 3. The number of piperidine rings is 2. The zero-order chi connectivity index (χ0) is 31.2. The van der Waals surface area contributed by atoms with Crippen LogP contribution >= 0.6 is 23.4 Å². The number of fused-ring (bicyclic) bond motifs is 1. The van der Waals surface area contributed by atoms with Gasteiger partial charge in [-0.1, -0.05) is 35.5 Å². The summed E-state index contributed by atoms with van der Waals surface area (Å²) in [5.41, 5.74) is 14.2. The number of amides is 4. The maximum Gasteiger partial charge on any atom is 0.262 e. The molecule has 6 rings (SSSR count). The fourth-order valence-electron chi connectivity index (χ4n) is 5.52. The summed E-state index contributed by atoms with van der Waals surface area (Å²) in [4.78, 5) is 63.0. The Bertz CT molecular complexity index is 1690. The van der Waals surface area contributed by atoms with Crippen LogP contribution in [0.4, 0.5) is 17.3 Å². The zero-order valence-electron chi connectivity index (χ0n) is 23.9. The van der Waals surface area contributed by atoms with Gasteiger partial charge in [0, 0.05) is 36.5 Å². The van der Waals surface area contributed by atoms with Crippen molar-refractivity contribution in [2.75, 3.05) is 29.0 Å². The topological polar surface area (TPSA) is 177 Å². The van der Waals surface area contributed by atoms with Crippen molar-refractivity contribution in [1.82, 2.24) is 20.2 Å². The van der Waals surface area contributed by atoms with Crippen molar-refractivity contribution in [3.05, 3.63) is 64.3 Å². The molecule has 0 saturated carbocycles. The van der Waals surface area contributed by atoms with Gasteiger partial charge in [0.2, 0.25) is 11.8 Å². The minimum atomic E-state index is -1.01. The largest absolute Gasteiger partial charge is 0.381 e. The SMILES string of the molecule is CC1(N)CCN(c2cnc(Sc3cccc(NCc4ccc5c(c4)C(=O)N(C4CCC(=O)NC4=O)C5=O)c3Cl)c(N)n2)CC1. The van der Waals surface area contributed by atoms with Crippen LogP contribution in [-0.2, 0) is 16.1 Å². The lowest BCUT2D eigenvalue weighted by molar-refractivity contribution is -0.136. The Hall–Kier alpha value is -4.20. The molecule has 1 unspecified atom stereocenters. The van der Waals surface area contributed by atoms with Crippen molar-refractivity contribution in [3.63, 3.8) is 0 Å². The first-order chi connectivity index (χ1) is 21.0. The summed E-state index contributed by atoms with van der Waals surface area (Å²) in [7, 11) is 0. The van der Waals surface area contributed by atoms with Crippen molar-refractivity contribution in [1.29, 1.82) is 0 Å². The van der Waals surface area contributed by atoms with Gasteiger partial charge in [0.05, 0.1) is 28.0 Å². The van der Waals surface area contributed by atoms with E-state index in [9.17, 15) is 19.2 Å². The third kappa shape index (κ3) is 5.82. The van der Waals surface area contributed by atoms with E-state index >= 15 is 0 Å². The first kappa shape index (κ1) is 29.9. The third-order valence-electron chi connectivity index (χ3n) is 8.14. The van der Waals surface area contributed by atoms with Crippen LogP contribution in [0.3, 0.4) is 0 Å². The van der Waals surface area contributed by atoms with Gasteiger partial charge in [0.1, 0.15) is 16.9 Å². The second kappa shape index (κ2) is 11.7. The number of rotatable bonds is 7. The number of carbonyl (C=O) groups excluding carboxylic acids is 4. The van der Waals surface area contributed by atoms with Gasteiger partial charge in [-0.25, -0.2) is 9.97 Å². The number of nitrogens with zero attached hydrogens (tertiary/aromatic N) is 4. The second-order valence-electron chi connectivity index (χ2n) is 11.5. The summed E-state index contributed by atoms with van der Waals surface area (Å²) < 4.78 is 0. The first-order valence-corrected chi connectivity index (χ1v) is 15.4. The molecule has 1 aromatic heterocycles. The lowest BCUT2D eigenvalue weighted by Gasteiger charge is -2.37. The van der Waals surface area contributed by atoms with E-state index in [1.54, 1.807) is 24.4 Å². The maximum atomic E-state index is 13.2. The van der Waals surface area contributed by atoms with E-state index in [0.29, 0.717) is 28.1 Å². The molecule has 3 aromatic rings. The van der Waals surface area contributed by atoms with Gasteiger partial charge in [0.15, 0.2) is 5.82 Å². The molecule has 14 heteroatoms. The predicted molar refractivity (Wildman–Crippen MR) is 166 cm³/mol. The van der Waals surface area contributed by atoms with Crippen molar-refractivity contribution >= 4 is 64.3 Å². The molecule has 3 aliphatic rings. The summed E-state index contributed by atoms with van der Waals surface area (Å²) in [6, 6.07) is 9.50. The van der Waals surface area contributed by atoms with Crippen LogP contribution in [0.15, 0.2) is 52.5 Å². The molecular formula is C30H31ClN8O4S. The molecule has 4 amide bonds. The number of benzene rings is 2. The number of hydrogen-bond donors (Lipinski definition) is 4. The molecular weight excluding hydrogens is 604 g/mol. The van der Waals surface area contributed by atoms with Gasteiger partial charge < -0.3 is 21.7 Å². The van der Waals surface area contributed by atoms with E-state index in [4.69, 9.17) is 23.1 Å². The van der Waals surface area contributed by atoms with Crippen molar-refractivity contribution in [2.45, 2.75) is 60.7 Å². The quantitative estimate of drug-likeness (QED) is 0.281. The number of carbonyl (C=O) groups is 4. The van der Waals surface area contributed by atoms with E-state index in [1.165, 1.54) is 11.8 Å². The highest BCUT2D eigenvalue weighted by atomic mass is 35.5. The van der Waals surface area contributed by atoms with E-state index in [0.717, 1.165) is 47.1 Å². The van der Waals surface area contributed by atoms with Gasteiger partial charge in [-0.05, 0) is 56.0 Å². The molecule has 44 heavy (non-hydrogen) atoms. The van der Waals surface area contributed by atoms with Crippen molar-refractivity contribution in [3.8, 4) is 0 Å². The maximum absolute atomic E-state index is 13.2. The molecule has 6 N–H and O–H groups in total. The summed E-state index contributed by atoms with van der Waals surface area (Å²) >= 11 is 8.07. The van der Waals surface area contributed by atoms with Crippen molar-refractivity contribution < 1.29 is 19.2 Å². The predicted octanol–water partition coefficient (Wildman–Crippen LogP) is 3.19. The van der Waals surface area contributed by atoms with Crippen molar-refractivity contribution in [2.24, 2.45) is 5.73 Å². The number of hydrogen-bond acceptors (Lipinski definition) is 11. The summed E-state index contributed by atoms with van der Waals surface area (Å²) in [5, 5.41) is 6.50. The Kier molecular flexibility index (Phi) is 7.95. The van der Waals surface area contributed by atoms with E-state index in [-0.39, 0.29) is 29.5 Å². The lowest BCUT2D eigenvalue weighted by atomic mass is 9.91. The molecule has 12 nitrogen and oxygen atoms in total. The Morgan fingerprint density at radius 3 is 2.59 bits per heavy atom. The average Bonchev–Trinajstić information content (AvgIpc) is 3.23. The monoisotopic (exact) mass is 634 g/mol. The van der Waals surface area contributed by atoms with Gasteiger partial charge in [-0.15, -0.1) is 0 Å². The first-order valence-electron chi connectivity index (χ1n) is 14.2. The van der Waals surface area contributed by atoms with Gasteiger partial charge in [-0.2, -0.15) is 0 Å². The number of imide groups is 2. The lowest BCUT2D eigenvalue weighted by Crippen LogP contribution is -2.54. The third-order valence-corrected chi connectivity index (χ3v) is 9.73. The Balaban J connectivity index is 1.12. The Morgan fingerprint density at radius 2 is 1.86 bits per heavy atom. The van der Waals surface area contributed by atoms with Gasteiger partial charge in [-0.3, -0.25) is 29.4 Å². The van der Waals surface area contributed by atoms with Gasteiger partial charge >= 0.3 is 0 Å². The van der Waals surface area contributed by atoms with Crippen LogP contribution in [0, 0.1) is 0 Å². The molecule has 3 aliphatic heterocycles. The highest BCUT2D eigenvalue weighted by Crippen LogP contribution is 2.39. The summed E-state index contributed by atoms with van der Waals surface area (Å²) in [6.07, 6.45) is 3.61. The molecule has 2 saturated heterocycles. The number of aromatic nitrogens is 2. The minimum Gasteiger partial charge on any atom is -0.381 e. The van der Waals surface area contributed by atoms with E-state index < -0.39 is 29.7 Å². The van der Waals surface area contributed by atoms with Gasteiger partial charge in [0.25, 0.3) is 11.8 Å². The molecule has 228 valence electrons. The van der Waals surface area contributed by atoms with Crippen LogP contribution in [-0.4, -0.2) is 63.2 Å². The number of nitrogens with one attached hydrogen (secondary N) is 2. The highest BCUT2D eigenvalue weighted by molar-refractivity contribution is 7.99. The molecule has 2 aromatic carbocycles. The smallest absolute Gasteiger partial charge is 0.262 e. The van der Waals surface area contributed by atoms with E-state index in [2.05, 4.69) is 32.4 Å². The summed E-state index contributed by atoms with van der Waals surface area (Å²) in [6.45, 7) is 3.96. The van der Waals surface area contributed by atoms with Crippen LogP contribution in [0.25, 0.3) is 0 Å². The highest BCUT2D eigenvalue weighted by Gasteiger charge is 2.44. The summed E-state index contributed by atoms with van der Waals surface area (Å²) in [5.74, 6) is -1.13. The standard InChI is InChI=1S/C30H31ClN8O4S/c1-30(33)9-11-38(12-10-30)22-15-35-27(25(32)36-22)44-21-4-2-3-19(24(21)31)34-14-16-5-6-17-18(13-16)29(43)39(28(17)42)20-7-8-23(40)37-26(20)41/h2-6,13,15,20,34H,7-12,14,33H2,1H3,(H2,32,36)(H,37,40,41). The molecule has 0 aliphatic carbocycles. The average molecular weight is 635 g/mol. The minimum absolute atomic E-state index is 0.0645. The van der Waals surface area contributed by atoms with E-state index in [1.807, 2.05) is 18.2 Å². The molecule has 2 fully saturated rings. The fourth-order valence-corrected chi connectivity index (χ4v) is 6.63. The zero-order valence-corrected chi connectivity index (χ0v) is 25.5. The van der Waals surface area contributed by atoms with Crippen LogP contribution < -0.4 is 27.0 Å². The molecule has 0 spiro atoms. The Morgan fingerprint density at radius 1 is 1.11 bits per heavy atom. The fraction of sp³-hybridized carbons (Fsp3) is 0.333. The molecule has 0 radical (unpaired) electrons. The number of nitrogens with two attached hydrogens (primary N) is 2. The molecule has 0 bridgehead atoms. The van der Waals surface area contributed by atoms with Crippen LogP contribution in [0.1, 0.15) is 58.9 Å². The van der Waals surface area contributed by atoms with Crippen LogP contribution in [0.5, 0.6) is 0 Å².